The summed E-state index contributed by atoms with van der Waals surface area (Å²) in [5.74, 6) is 3.18. The molecule has 2 fully saturated rings. The highest BCUT2D eigenvalue weighted by atomic mass is 16.4. The highest BCUT2D eigenvalue weighted by Crippen LogP contribution is 2.39. The Labute approximate surface area is 136 Å². The van der Waals surface area contributed by atoms with E-state index >= 15 is 0 Å². The summed E-state index contributed by atoms with van der Waals surface area (Å²) in [6.07, 6.45) is 2.39. The second kappa shape index (κ2) is 5.92. The molecule has 1 saturated carbocycles. The predicted octanol–water partition coefficient (Wildman–Crippen LogP) is 2.36. The summed E-state index contributed by atoms with van der Waals surface area (Å²) >= 11 is 0. The first-order valence-electron chi connectivity index (χ1n) is 8.44. The van der Waals surface area contributed by atoms with Gasteiger partial charge in [0.1, 0.15) is 5.82 Å². The van der Waals surface area contributed by atoms with E-state index in [-0.39, 0.29) is 0 Å². The van der Waals surface area contributed by atoms with E-state index in [2.05, 4.69) is 44.0 Å². The number of rotatable bonds is 4. The van der Waals surface area contributed by atoms with Gasteiger partial charge in [0.25, 0.3) is 0 Å². The van der Waals surface area contributed by atoms with Gasteiger partial charge in [0.2, 0.25) is 11.8 Å². The first-order chi connectivity index (χ1) is 11.2. The number of anilines is 1. The van der Waals surface area contributed by atoms with Gasteiger partial charge in [0, 0.05) is 37.3 Å². The van der Waals surface area contributed by atoms with E-state index in [1.165, 1.54) is 12.8 Å². The number of pyridine rings is 1. The molecule has 2 aromatic heterocycles. The average molecular weight is 313 g/mol. The molecule has 2 aliphatic rings. The normalized spacial score (nSPS) is 22.5. The molecule has 1 aliphatic carbocycles. The van der Waals surface area contributed by atoms with E-state index in [1.807, 2.05) is 13.0 Å². The van der Waals surface area contributed by atoms with Crippen LogP contribution < -0.4 is 4.90 Å². The summed E-state index contributed by atoms with van der Waals surface area (Å²) in [6, 6.07) is 6.64. The van der Waals surface area contributed by atoms with E-state index in [1.54, 1.807) is 0 Å². The van der Waals surface area contributed by atoms with Gasteiger partial charge in [0.05, 0.1) is 6.54 Å². The van der Waals surface area contributed by atoms with Crippen LogP contribution in [0.3, 0.4) is 0 Å². The third-order valence-corrected chi connectivity index (χ3v) is 4.71. The summed E-state index contributed by atoms with van der Waals surface area (Å²) in [5.41, 5.74) is 1.07. The molecule has 0 unspecified atom stereocenters. The van der Waals surface area contributed by atoms with Gasteiger partial charge in [-0.1, -0.05) is 6.07 Å². The van der Waals surface area contributed by atoms with E-state index in [0.29, 0.717) is 12.0 Å². The SMILES string of the molecule is Cc1cccc(N2CCN(Cc3nnc(C4CC4)o3)[C@H](C)C2)n1. The summed E-state index contributed by atoms with van der Waals surface area (Å²) in [4.78, 5) is 9.41. The molecule has 0 aromatic carbocycles. The molecule has 3 heterocycles. The quantitative estimate of drug-likeness (QED) is 0.863. The average Bonchev–Trinajstić information content (AvgIpc) is 3.29. The fourth-order valence-corrected chi connectivity index (χ4v) is 3.14. The van der Waals surface area contributed by atoms with E-state index in [0.717, 1.165) is 49.5 Å². The van der Waals surface area contributed by atoms with Gasteiger partial charge in [0.15, 0.2) is 0 Å². The maximum Gasteiger partial charge on any atom is 0.230 e. The molecule has 0 radical (unpaired) electrons. The molecule has 0 spiro atoms. The first kappa shape index (κ1) is 14.6. The Balaban J connectivity index is 1.38. The molecule has 6 heteroatoms. The Kier molecular flexibility index (Phi) is 3.77. The van der Waals surface area contributed by atoms with E-state index < -0.39 is 0 Å². The van der Waals surface area contributed by atoms with Gasteiger partial charge >= 0.3 is 0 Å². The van der Waals surface area contributed by atoms with Gasteiger partial charge < -0.3 is 9.32 Å². The number of piperazine rings is 1. The smallest absolute Gasteiger partial charge is 0.230 e. The van der Waals surface area contributed by atoms with Crippen molar-refractivity contribution in [2.75, 3.05) is 24.5 Å². The van der Waals surface area contributed by atoms with Crippen LogP contribution in [0.2, 0.25) is 0 Å². The molecule has 6 nitrogen and oxygen atoms in total. The van der Waals surface area contributed by atoms with Gasteiger partial charge in [-0.2, -0.15) is 0 Å². The molecule has 122 valence electrons. The van der Waals surface area contributed by atoms with Gasteiger partial charge in [-0.15, -0.1) is 10.2 Å². The molecule has 23 heavy (non-hydrogen) atoms. The van der Waals surface area contributed by atoms with Crippen molar-refractivity contribution in [2.24, 2.45) is 0 Å². The fraction of sp³-hybridized carbons (Fsp3) is 0.588. The minimum Gasteiger partial charge on any atom is -0.424 e. The molecule has 1 atom stereocenters. The lowest BCUT2D eigenvalue weighted by atomic mass is 10.2. The molecular formula is C17H23N5O. The number of hydrogen-bond acceptors (Lipinski definition) is 6. The van der Waals surface area contributed by atoms with Crippen molar-refractivity contribution in [3.63, 3.8) is 0 Å². The molecule has 1 aliphatic heterocycles. The topological polar surface area (TPSA) is 58.3 Å². The second-order valence-corrected chi connectivity index (χ2v) is 6.71. The zero-order chi connectivity index (χ0) is 15.8. The summed E-state index contributed by atoms with van der Waals surface area (Å²) in [6.45, 7) is 7.97. The zero-order valence-corrected chi connectivity index (χ0v) is 13.8. The second-order valence-electron chi connectivity index (χ2n) is 6.71. The maximum absolute atomic E-state index is 5.80. The van der Waals surface area contributed by atoms with Crippen LogP contribution in [0, 0.1) is 6.92 Å². The van der Waals surface area contributed by atoms with Crippen molar-refractivity contribution in [3.8, 4) is 0 Å². The Morgan fingerprint density at radius 3 is 2.83 bits per heavy atom. The van der Waals surface area contributed by atoms with Crippen molar-refractivity contribution in [1.29, 1.82) is 0 Å². The lowest BCUT2D eigenvalue weighted by molar-refractivity contribution is 0.163. The molecular weight excluding hydrogens is 290 g/mol. The highest BCUT2D eigenvalue weighted by molar-refractivity contribution is 5.40. The van der Waals surface area contributed by atoms with Crippen molar-refractivity contribution in [2.45, 2.75) is 45.2 Å². The number of hydrogen-bond donors (Lipinski definition) is 0. The van der Waals surface area contributed by atoms with Gasteiger partial charge in [-0.25, -0.2) is 4.98 Å². The fourth-order valence-electron chi connectivity index (χ4n) is 3.14. The van der Waals surface area contributed by atoms with Crippen LogP contribution in [0.4, 0.5) is 5.82 Å². The molecule has 0 bridgehead atoms. The third kappa shape index (κ3) is 3.22. The zero-order valence-electron chi connectivity index (χ0n) is 13.8. The number of aromatic nitrogens is 3. The van der Waals surface area contributed by atoms with Crippen LogP contribution in [-0.4, -0.2) is 45.8 Å². The van der Waals surface area contributed by atoms with E-state index in [9.17, 15) is 0 Å². The van der Waals surface area contributed by atoms with Crippen LogP contribution in [0.5, 0.6) is 0 Å². The largest absolute Gasteiger partial charge is 0.424 e. The minimum absolute atomic E-state index is 0.433. The molecule has 1 saturated heterocycles. The number of aryl methyl sites for hydroxylation is 1. The standard InChI is InChI=1S/C17H23N5O/c1-12-4-3-5-15(18-12)22-9-8-21(13(2)10-22)11-16-19-20-17(23-16)14-6-7-14/h3-5,13-14H,6-11H2,1-2H3/t13-/m1/s1. The van der Waals surface area contributed by atoms with Crippen LogP contribution in [0.15, 0.2) is 22.6 Å². The van der Waals surface area contributed by atoms with Gasteiger partial charge in [-0.05, 0) is 38.8 Å². The molecule has 4 rings (SSSR count). The number of nitrogens with zero attached hydrogens (tertiary/aromatic N) is 5. The van der Waals surface area contributed by atoms with Crippen molar-refractivity contribution < 1.29 is 4.42 Å². The van der Waals surface area contributed by atoms with Crippen LogP contribution in [0.1, 0.15) is 43.2 Å². The van der Waals surface area contributed by atoms with Crippen LogP contribution in [-0.2, 0) is 6.54 Å². The van der Waals surface area contributed by atoms with Crippen molar-refractivity contribution in [3.05, 3.63) is 35.7 Å². The highest BCUT2D eigenvalue weighted by Gasteiger charge is 2.30. The first-order valence-corrected chi connectivity index (χ1v) is 8.44. The van der Waals surface area contributed by atoms with Crippen LogP contribution >= 0.6 is 0 Å². The monoisotopic (exact) mass is 313 g/mol. The lowest BCUT2D eigenvalue weighted by Gasteiger charge is -2.39. The van der Waals surface area contributed by atoms with Crippen molar-refractivity contribution >= 4 is 5.82 Å². The summed E-state index contributed by atoms with van der Waals surface area (Å²) < 4.78 is 5.80. The Morgan fingerprint density at radius 2 is 2.09 bits per heavy atom. The van der Waals surface area contributed by atoms with Crippen molar-refractivity contribution in [1.82, 2.24) is 20.1 Å². The van der Waals surface area contributed by atoms with Crippen LogP contribution in [0.25, 0.3) is 0 Å². The Hall–Kier alpha value is -1.95. The van der Waals surface area contributed by atoms with Gasteiger partial charge in [-0.3, -0.25) is 4.90 Å². The third-order valence-electron chi connectivity index (χ3n) is 4.71. The Bertz CT molecular complexity index is 681. The predicted molar refractivity (Wildman–Crippen MR) is 87.3 cm³/mol. The minimum atomic E-state index is 0.433. The lowest BCUT2D eigenvalue weighted by Crippen LogP contribution is -2.51. The van der Waals surface area contributed by atoms with E-state index in [4.69, 9.17) is 4.42 Å². The molecule has 2 aromatic rings. The molecule has 0 amide bonds. The summed E-state index contributed by atoms with van der Waals surface area (Å²) in [5, 5.41) is 8.39. The maximum atomic E-state index is 5.80. The summed E-state index contributed by atoms with van der Waals surface area (Å²) in [7, 11) is 0. The Morgan fingerprint density at radius 1 is 1.22 bits per heavy atom. The molecule has 0 N–H and O–H groups in total.